The van der Waals surface area contributed by atoms with E-state index in [0.29, 0.717) is 15.2 Å². The van der Waals surface area contributed by atoms with Crippen molar-refractivity contribution in [1.82, 2.24) is 0 Å². The minimum absolute atomic E-state index is 0. The van der Waals surface area contributed by atoms with Crippen LogP contribution in [0, 0.1) is 0 Å². The van der Waals surface area contributed by atoms with Crippen molar-refractivity contribution in [2.24, 2.45) is 0 Å². The van der Waals surface area contributed by atoms with Crippen LogP contribution in [0.1, 0.15) is 152 Å². The Balaban J connectivity index is -0.00000116. The van der Waals surface area contributed by atoms with E-state index in [-0.39, 0.29) is 1.43 Å². The van der Waals surface area contributed by atoms with E-state index in [1.54, 1.807) is 35.1 Å². The number of hydrogen-bond donors (Lipinski definition) is 0. The molecule has 0 unspecified atom stereocenters. The number of rotatable bonds is 23. The lowest BCUT2D eigenvalue weighted by Gasteiger charge is -2.12. The lowest BCUT2D eigenvalue weighted by molar-refractivity contribution is 0.610. The van der Waals surface area contributed by atoms with Gasteiger partial charge in [0.05, 0.1) is 0 Å². The topological polar surface area (TPSA) is 0 Å². The van der Waals surface area contributed by atoms with Crippen LogP contribution in [-0.2, 0) is 0 Å². The highest BCUT2D eigenvalue weighted by molar-refractivity contribution is 6.58. The molecular formula is C28H64Al2. The molecule has 0 aromatic carbocycles. The van der Waals surface area contributed by atoms with E-state index in [9.17, 15) is 0 Å². The Morgan fingerprint density at radius 2 is 0.667 bits per heavy atom. The highest BCUT2D eigenvalue weighted by Crippen LogP contribution is 2.20. The van der Waals surface area contributed by atoms with Gasteiger partial charge in [-0.05, 0) is 0 Å². The molecule has 2 heteroatoms. The van der Waals surface area contributed by atoms with Gasteiger partial charge in [0.15, 0.2) is 0 Å². The quantitative estimate of drug-likeness (QED) is 0.106. The first kappa shape index (κ1) is 33.2. The summed E-state index contributed by atoms with van der Waals surface area (Å²) < 4.78 is 0. The second kappa shape index (κ2) is 32.2. The Morgan fingerprint density at radius 3 is 0.900 bits per heavy atom. The Kier molecular flexibility index (Phi) is 35.7. The third kappa shape index (κ3) is 31.3. The molecule has 0 atom stereocenters. The van der Waals surface area contributed by atoms with Crippen LogP contribution in [0.25, 0.3) is 0 Å². The van der Waals surface area contributed by atoms with Gasteiger partial charge in [0.1, 0.15) is 0 Å². The molecule has 0 heterocycles. The summed E-state index contributed by atoms with van der Waals surface area (Å²) >= 11 is 0.0219. The largest absolute Gasteiger partial charge is 0.261 e. The molecule has 0 aliphatic carbocycles. The van der Waals surface area contributed by atoms with Gasteiger partial charge in [0.2, 0.25) is 15.2 Å². The van der Waals surface area contributed by atoms with Crippen molar-refractivity contribution < 1.29 is 1.43 Å². The fraction of sp³-hybridized carbons (Fsp3) is 1.00. The van der Waals surface area contributed by atoms with E-state index in [1.165, 1.54) is 107 Å². The van der Waals surface area contributed by atoms with Gasteiger partial charge in [-0.3, -0.25) is 0 Å². The lowest BCUT2D eigenvalue weighted by atomic mass is 10.1. The van der Waals surface area contributed by atoms with Crippen molar-refractivity contribution in [2.75, 3.05) is 0 Å². The summed E-state index contributed by atoms with van der Waals surface area (Å²) in [5, 5.41) is 7.95. The van der Waals surface area contributed by atoms with Gasteiger partial charge in [-0.2, -0.15) is 0 Å². The van der Waals surface area contributed by atoms with Gasteiger partial charge in [0.25, 0.3) is 14.1 Å². The lowest BCUT2D eigenvalue weighted by Crippen LogP contribution is -2.12. The molecule has 0 saturated heterocycles. The molecule has 0 aliphatic heterocycles. The Hall–Kier alpha value is 1.06. The van der Waals surface area contributed by atoms with Gasteiger partial charge in [-0.25, -0.2) is 0 Å². The summed E-state index contributed by atoms with van der Waals surface area (Å²) in [6, 6.07) is 0. The second-order valence-corrected chi connectivity index (χ2v) is 16.1. The number of unbranched alkanes of at least 4 members (excludes halogenated alkanes) is 15. The predicted molar refractivity (Wildman–Crippen MR) is 151 cm³/mol. The van der Waals surface area contributed by atoms with Crippen LogP contribution in [0.5, 0.6) is 0 Å². The van der Waals surface area contributed by atoms with E-state index in [2.05, 4.69) is 34.6 Å². The van der Waals surface area contributed by atoms with E-state index < -0.39 is 14.1 Å². The summed E-state index contributed by atoms with van der Waals surface area (Å²) in [4.78, 5) is 0. The molecule has 0 bridgehead atoms. The molecular weight excluding hydrogens is 390 g/mol. The molecule has 0 fully saturated rings. The highest BCUT2D eigenvalue weighted by atomic mass is 27.2. The monoisotopic (exact) mass is 454 g/mol. The Morgan fingerprint density at radius 1 is 0.400 bits per heavy atom. The Labute approximate surface area is 206 Å². The molecule has 0 amide bonds. The zero-order valence-corrected chi connectivity index (χ0v) is 25.1. The zero-order chi connectivity index (χ0) is 22.5. The van der Waals surface area contributed by atoms with Crippen molar-refractivity contribution >= 4 is 29.4 Å². The molecule has 0 spiro atoms. The van der Waals surface area contributed by atoms with Gasteiger partial charge in [-0.1, -0.05) is 166 Å². The van der Waals surface area contributed by atoms with Crippen LogP contribution in [0.4, 0.5) is 0 Å². The third-order valence-corrected chi connectivity index (χ3v) is 11.7. The zero-order valence-electron chi connectivity index (χ0n) is 22.5. The smallest absolute Gasteiger partial charge is 0.100 e. The average Bonchev–Trinajstić information content (AvgIpc) is 2.76. The maximum atomic E-state index is 2.32. The molecule has 0 rings (SSSR count). The van der Waals surface area contributed by atoms with Crippen LogP contribution in [0.2, 0.25) is 26.4 Å². The highest BCUT2D eigenvalue weighted by Gasteiger charge is 2.15. The minimum Gasteiger partial charge on any atom is -0.100 e. The van der Waals surface area contributed by atoms with Crippen LogP contribution in [-0.4, -0.2) is 29.4 Å². The van der Waals surface area contributed by atoms with Crippen molar-refractivity contribution in [3.63, 3.8) is 0 Å². The van der Waals surface area contributed by atoms with Gasteiger partial charge >= 0.3 is 0 Å². The van der Waals surface area contributed by atoms with E-state index in [4.69, 9.17) is 0 Å². The summed E-state index contributed by atoms with van der Waals surface area (Å²) in [6.07, 6.45) is 26.7. The van der Waals surface area contributed by atoms with E-state index >= 15 is 0 Å². The van der Waals surface area contributed by atoms with Gasteiger partial charge in [-0.15, -0.1) is 10.6 Å². The second-order valence-electron chi connectivity index (χ2n) is 9.89. The van der Waals surface area contributed by atoms with Crippen LogP contribution < -0.4 is 0 Å². The molecule has 30 heavy (non-hydrogen) atoms. The SMILES string of the molecule is CCCCCCC[CH2][Al]([CH2]CCCCCCC)[CH2]CCCCCCC.C[CH2][AlH][CH2]C.[HH]. The van der Waals surface area contributed by atoms with E-state index in [0.717, 1.165) is 0 Å². The molecule has 0 aromatic heterocycles. The van der Waals surface area contributed by atoms with Crippen LogP contribution >= 0.6 is 0 Å². The number of hydrogen-bond acceptors (Lipinski definition) is 0. The molecule has 0 saturated carbocycles. The minimum atomic E-state index is -0.410. The molecule has 182 valence electrons. The Bertz CT molecular complexity index is 234. The van der Waals surface area contributed by atoms with Crippen molar-refractivity contribution in [1.29, 1.82) is 0 Å². The van der Waals surface area contributed by atoms with Crippen molar-refractivity contribution in [3.8, 4) is 0 Å². The normalized spacial score (nSPS) is 10.6. The van der Waals surface area contributed by atoms with Crippen molar-refractivity contribution in [3.05, 3.63) is 0 Å². The summed E-state index contributed by atoms with van der Waals surface area (Å²) in [7, 11) is 0. The fourth-order valence-electron chi connectivity index (χ4n) is 4.43. The van der Waals surface area contributed by atoms with Gasteiger partial charge < -0.3 is 0 Å². The molecule has 0 aliphatic rings. The summed E-state index contributed by atoms with van der Waals surface area (Å²) in [5.41, 5.74) is 0. The summed E-state index contributed by atoms with van der Waals surface area (Å²) in [5.74, 6) is 0. The average molecular weight is 455 g/mol. The first-order valence-corrected chi connectivity index (χ1v) is 19.2. The molecule has 0 radical (unpaired) electrons. The first-order chi connectivity index (χ1) is 14.8. The van der Waals surface area contributed by atoms with Crippen LogP contribution in [0.15, 0.2) is 0 Å². The van der Waals surface area contributed by atoms with Gasteiger partial charge in [0, 0.05) is 1.43 Å². The molecule has 0 nitrogen and oxygen atoms in total. The molecule has 0 aromatic rings. The van der Waals surface area contributed by atoms with Crippen molar-refractivity contribution in [2.45, 2.75) is 177 Å². The maximum Gasteiger partial charge on any atom is 0.261 e. The molecule has 0 N–H and O–H groups in total. The van der Waals surface area contributed by atoms with Crippen LogP contribution in [0.3, 0.4) is 0 Å². The van der Waals surface area contributed by atoms with E-state index in [1.807, 2.05) is 0 Å². The standard InChI is InChI=1S/3C8H17.2C2H5.2Al.H2.H/c3*1-3-5-7-8-6-4-2;2*1-2;;;;/h3*1,3-8H2,2H3;2*1H2,2H3;;;1H;. The fourth-order valence-corrected chi connectivity index (χ4v) is 8.60. The summed E-state index contributed by atoms with van der Waals surface area (Å²) in [6.45, 7) is 11.5. The maximum absolute atomic E-state index is 2.32. The first-order valence-electron chi connectivity index (χ1n) is 14.8. The predicted octanol–water partition coefficient (Wildman–Crippen LogP) is 11.1. The third-order valence-electron chi connectivity index (χ3n) is 6.60.